The lowest BCUT2D eigenvalue weighted by Crippen LogP contribution is -2.09. The molecule has 0 amide bonds. The Kier molecular flexibility index (Phi) is 5.42. The van der Waals surface area contributed by atoms with Crippen molar-refractivity contribution in [1.82, 2.24) is 0 Å². The van der Waals surface area contributed by atoms with Crippen LogP contribution in [-0.4, -0.2) is 11.9 Å². The van der Waals surface area contributed by atoms with Gasteiger partial charge < -0.3 is 9.47 Å². The van der Waals surface area contributed by atoms with Gasteiger partial charge in [-0.2, -0.15) is 0 Å². The molecule has 0 aliphatic carbocycles. The maximum atomic E-state index is 11.4. The molecule has 0 saturated carbocycles. The van der Waals surface area contributed by atoms with Crippen molar-refractivity contribution in [3.05, 3.63) is 45.0 Å². The molecule has 0 aliphatic heterocycles. The summed E-state index contributed by atoms with van der Waals surface area (Å²) in [6.07, 6.45) is 0. The monoisotopic (exact) mass is 430 g/mol. The first-order chi connectivity index (χ1) is 10.4. The summed E-state index contributed by atoms with van der Waals surface area (Å²) in [6, 6.07) is 10.7. The zero-order chi connectivity index (χ0) is 16.3. The Labute approximate surface area is 146 Å². The third-order valence-electron chi connectivity index (χ3n) is 2.71. The molecule has 0 atom stereocenters. The van der Waals surface area contributed by atoms with Gasteiger partial charge in [0.25, 0.3) is 0 Å². The van der Waals surface area contributed by atoms with Gasteiger partial charge in [-0.05, 0) is 52.4 Å². The van der Waals surface area contributed by atoms with Crippen LogP contribution in [0.3, 0.4) is 0 Å². The number of carbonyl (C=O) groups is 2. The Balaban J connectivity index is 2.64. The summed E-state index contributed by atoms with van der Waals surface area (Å²) in [5, 5.41) is 0.600. The third-order valence-corrected chi connectivity index (χ3v) is 3.81. The van der Waals surface area contributed by atoms with Crippen LogP contribution in [0, 0.1) is 3.57 Å². The molecule has 0 aliphatic rings. The second-order valence-corrected chi connectivity index (χ2v) is 6.05. The van der Waals surface area contributed by atoms with Gasteiger partial charge in [0.15, 0.2) is 11.5 Å². The van der Waals surface area contributed by atoms with Gasteiger partial charge in [0, 0.05) is 24.4 Å². The largest absolute Gasteiger partial charge is 0.422 e. The molecule has 6 heteroatoms. The van der Waals surface area contributed by atoms with E-state index in [1.54, 1.807) is 36.4 Å². The molecule has 0 unspecified atom stereocenters. The SMILES string of the molecule is CC(=O)Oc1c(I)ccc(-c2ccc(Cl)cc2)c1OC(C)=O. The fourth-order valence-electron chi connectivity index (χ4n) is 1.88. The van der Waals surface area contributed by atoms with Crippen LogP contribution >= 0.6 is 34.2 Å². The lowest BCUT2D eigenvalue weighted by atomic mass is 10.0. The molecule has 0 radical (unpaired) electrons. The van der Waals surface area contributed by atoms with Crippen LogP contribution in [0.1, 0.15) is 13.8 Å². The predicted octanol–water partition coefficient (Wildman–Crippen LogP) is 4.46. The molecular weight excluding hydrogens is 419 g/mol. The number of hydrogen-bond acceptors (Lipinski definition) is 4. The zero-order valence-corrected chi connectivity index (χ0v) is 14.8. The van der Waals surface area contributed by atoms with Crippen LogP contribution in [0.5, 0.6) is 11.5 Å². The molecule has 0 saturated heterocycles. The van der Waals surface area contributed by atoms with Crippen molar-refractivity contribution in [1.29, 1.82) is 0 Å². The average Bonchev–Trinajstić information content (AvgIpc) is 2.43. The number of ether oxygens (including phenoxy) is 2. The van der Waals surface area contributed by atoms with Gasteiger partial charge in [-0.15, -0.1) is 0 Å². The first kappa shape index (κ1) is 16.8. The van der Waals surface area contributed by atoms with E-state index in [1.165, 1.54) is 13.8 Å². The summed E-state index contributed by atoms with van der Waals surface area (Å²) < 4.78 is 11.2. The van der Waals surface area contributed by atoms with Gasteiger partial charge in [-0.1, -0.05) is 23.7 Å². The van der Waals surface area contributed by atoms with Crippen molar-refractivity contribution in [3.63, 3.8) is 0 Å². The number of carbonyl (C=O) groups excluding carboxylic acids is 2. The molecule has 0 spiro atoms. The van der Waals surface area contributed by atoms with Crippen LogP contribution < -0.4 is 9.47 Å². The average molecular weight is 431 g/mol. The highest BCUT2D eigenvalue weighted by Crippen LogP contribution is 2.41. The first-order valence-electron chi connectivity index (χ1n) is 6.33. The maximum absolute atomic E-state index is 11.4. The minimum absolute atomic E-state index is 0.219. The number of esters is 2. The minimum atomic E-state index is -0.495. The van der Waals surface area contributed by atoms with Gasteiger partial charge in [-0.25, -0.2) is 0 Å². The summed E-state index contributed by atoms with van der Waals surface area (Å²) in [5.41, 5.74) is 1.44. The minimum Gasteiger partial charge on any atom is -0.422 e. The van der Waals surface area contributed by atoms with Crippen molar-refractivity contribution in [3.8, 4) is 22.6 Å². The summed E-state index contributed by atoms with van der Waals surface area (Å²) in [5.74, 6) is -0.530. The predicted molar refractivity (Wildman–Crippen MR) is 92.2 cm³/mol. The molecule has 2 aromatic carbocycles. The molecule has 114 valence electrons. The lowest BCUT2D eigenvalue weighted by Gasteiger charge is -2.15. The highest BCUT2D eigenvalue weighted by molar-refractivity contribution is 14.1. The molecule has 0 aromatic heterocycles. The first-order valence-corrected chi connectivity index (χ1v) is 7.79. The van der Waals surface area contributed by atoms with Crippen molar-refractivity contribution in [2.24, 2.45) is 0 Å². The molecular formula is C16H12ClIO4. The number of hydrogen-bond donors (Lipinski definition) is 0. The van der Waals surface area contributed by atoms with Gasteiger partial charge in [0.2, 0.25) is 0 Å². The van der Waals surface area contributed by atoms with Gasteiger partial charge in [0.1, 0.15) is 0 Å². The van der Waals surface area contributed by atoms with E-state index in [4.69, 9.17) is 21.1 Å². The van der Waals surface area contributed by atoms with E-state index in [1.807, 2.05) is 22.6 Å². The van der Waals surface area contributed by atoms with Gasteiger partial charge in [0.05, 0.1) is 3.57 Å². The van der Waals surface area contributed by atoms with Crippen molar-refractivity contribution in [2.45, 2.75) is 13.8 Å². The summed E-state index contributed by atoms with van der Waals surface area (Å²) in [4.78, 5) is 22.7. The van der Waals surface area contributed by atoms with Crippen LogP contribution in [0.4, 0.5) is 0 Å². The summed E-state index contributed by atoms with van der Waals surface area (Å²) >= 11 is 7.91. The van der Waals surface area contributed by atoms with E-state index in [9.17, 15) is 9.59 Å². The smallest absolute Gasteiger partial charge is 0.308 e. The van der Waals surface area contributed by atoms with E-state index in [0.29, 0.717) is 14.2 Å². The molecule has 0 N–H and O–H groups in total. The van der Waals surface area contributed by atoms with E-state index in [0.717, 1.165) is 5.56 Å². The van der Waals surface area contributed by atoms with Crippen LogP contribution in [-0.2, 0) is 9.59 Å². The normalized spacial score (nSPS) is 10.2. The Hall–Kier alpha value is -1.60. The summed E-state index contributed by atoms with van der Waals surface area (Å²) in [7, 11) is 0. The molecule has 4 nitrogen and oxygen atoms in total. The zero-order valence-electron chi connectivity index (χ0n) is 11.9. The van der Waals surface area contributed by atoms with E-state index >= 15 is 0 Å². The molecule has 0 heterocycles. The topological polar surface area (TPSA) is 52.6 Å². The molecule has 0 bridgehead atoms. The maximum Gasteiger partial charge on any atom is 0.308 e. The third kappa shape index (κ3) is 3.98. The van der Waals surface area contributed by atoms with Crippen LogP contribution in [0.25, 0.3) is 11.1 Å². The molecule has 0 fully saturated rings. The van der Waals surface area contributed by atoms with Gasteiger partial charge in [-0.3, -0.25) is 9.59 Å². The molecule has 22 heavy (non-hydrogen) atoms. The highest BCUT2D eigenvalue weighted by atomic mass is 127. The highest BCUT2D eigenvalue weighted by Gasteiger charge is 2.19. The Morgan fingerprint density at radius 3 is 2.00 bits per heavy atom. The second kappa shape index (κ2) is 7.11. The van der Waals surface area contributed by atoms with Gasteiger partial charge >= 0.3 is 11.9 Å². The molecule has 2 rings (SSSR count). The standard InChI is InChI=1S/C16H12ClIO4/c1-9(19)21-15-13(11-3-5-12(17)6-4-11)7-8-14(18)16(15)22-10(2)20/h3-8H,1-2H3. The second-order valence-electron chi connectivity index (χ2n) is 4.45. The number of benzene rings is 2. The quantitative estimate of drug-likeness (QED) is 0.410. The van der Waals surface area contributed by atoms with E-state index in [-0.39, 0.29) is 11.5 Å². The van der Waals surface area contributed by atoms with E-state index in [2.05, 4.69) is 0 Å². The van der Waals surface area contributed by atoms with E-state index < -0.39 is 11.9 Å². The fourth-order valence-corrected chi connectivity index (χ4v) is 2.54. The molecule has 2 aromatic rings. The van der Waals surface area contributed by atoms with Crippen LogP contribution in [0.15, 0.2) is 36.4 Å². The Morgan fingerprint density at radius 1 is 0.909 bits per heavy atom. The van der Waals surface area contributed by atoms with Crippen molar-refractivity contribution < 1.29 is 19.1 Å². The van der Waals surface area contributed by atoms with Crippen molar-refractivity contribution >= 4 is 46.1 Å². The number of rotatable bonds is 3. The Morgan fingerprint density at radius 2 is 1.45 bits per heavy atom. The lowest BCUT2D eigenvalue weighted by molar-refractivity contribution is -0.134. The van der Waals surface area contributed by atoms with Crippen LogP contribution in [0.2, 0.25) is 5.02 Å². The Bertz CT molecular complexity index is 726. The van der Waals surface area contributed by atoms with Crippen molar-refractivity contribution in [2.75, 3.05) is 0 Å². The summed E-state index contributed by atoms with van der Waals surface area (Å²) in [6.45, 7) is 2.59. The fraction of sp³-hybridized carbons (Fsp3) is 0.125. The number of halogens is 2.